The number of carbonyl (C=O) groups excluding carboxylic acids is 1. The van der Waals surface area contributed by atoms with Crippen molar-refractivity contribution in [1.29, 1.82) is 0 Å². The topological polar surface area (TPSA) is 61.4 Å². The van der Waals surface area contributed by atoms with Crippen LogP contribution in [0, 0.1) is 0 Å². The molecule has 1 aromatic heterocycles. The van der Waals surface area contributed by atoms with E-state index in [1.165, 1.54) is 5.56 Å². The van der Waals surface area contributed by atoms with E-state index in [2.05, 4.69) is 44.1 Å². The number of hydrogen-bond acceptors (Lipinski definition) is 5. The second-order valence-corrected chi connectivity index (χ2v) is 6.18. The molecule has 3 rings (SSSR count). The maximum Gasteiger partial charge on any atom is 0.254 e. The molecule has 2 aromatic rings. The van der Waals surface area contributed by atoms with Crippen molar-refractivity contribution in [3.8, 4) is 0 Å². The maximum absolute atomic E-state index is 12.2. The Bertz CT molecular complexity index is 666. The molecular weight excluding hydrogens is 314 g/mol. The van der Waals surface area contributed by atoms with Crippen LogP contribution in [0.1, 0.15) is 22.8 Å². The zero-order chi connectivity index (χ0) is 17.5. The Morgan fingerprint density at radius 1 is 1.08 bits per heavy atom. The minimum Gasteiger partial charge on any atom is -0.352 e. The second-order valence-electron chi connectivity index (χ2n) is 6.18. The van der Waals surface area contributed by atoms with Crippen LogP contribution in [0.25, 0.3) is 0 Å². The predicted octanol–water partition coefficient (Wildman–Crippen LogP) is 1.59. The number of rotatable bonds is 6. The third-order valence-electron chi connectivity index (χ3n) is 4.54. The highest BCUT2D eigenvalue weighted by molar-refractivity contribution is 5.93. The van der Waals surface area contributed by atoms with Crippen LogP contribution in [0.2, 0.25) is 0 Å². The number of aromatic nitrogens is 2. The van der Waals surface area contributed by atoms with Gasteiger partial charge in [0.2, 0.25) is 5.95 Å². The normalized spacial score (nSPS) is 15.2. The van der Waals surface area contributed by atoms with Gasteiger partial charge in [-0.05, 0) is 18.5 Å². The lowest BCUT2D eigenvalue weighted by atomic mass is 10.1. The summed E-state index contributed by atoms with van der Waals surface area (Å²) in [5.74, 6) is 0.579. The summed E-state index contributed by atoms with van der Waals surface area (Å²) in [6.07, 6.45) is 4.05. The van der Waals surface area contributed by atoms with E-state index in [-0.39, 0.29) is 5.91 Å². The largest absolute Gasteiger partial charge is 0.352 e. The second kappa shape index (κ2) is 8.58. The lowest BCUT2D eigenvalue weighted by Gasteiger charge is -2.33. The number of benzene rings is 1. The molecule has 1 aliphatic rings. The summed E-state index contributed by atoms with van der Waals surface area (Å²) in [6.45, 7) is 7.77. The number of anilines is 1. The molecule has 0 radical (unpaired) electrons. The fourth-order valence-corrected chi connectivity index (χ4v) is 2.93. The monoisotopic (exact) mass is 339 g/mol. The van der Waals surface area contributed by atoms with Gasteiger partial charge in [0, 0.05) is 45.1 Å². The molecule has 2 heterocycles. The molecule has 1 saturated heterocycles. The lowest BCUT2D eigenvalue weighted by molar-refractivity contribution is 0.0953. The Balaban J connectivity index is 1.49. The molecule has 1 aromatic carbocycles. The van der Waals surface area contributed by atoms with E-state index in [1.807, 2.05) is 18.2 Å². The predicted molar refractivity (Wildman–Crippen MR) is 98.8 cm³/mol. The van der Waals surface area contributed by atoms with Crippen LogP contribution >= 0.6 is 0 Å². The van der Waals surface area contributed by atoms with Gasteiger partial charge < -0.3 is 15.1 Å². The fraction of sp³-hybridized carbons (Fsp3) is 0.421. The Kier molecular flexibility index (Phi) is 5.95. The number of hydrogen-bond donors (Lipinski definition) is 1. The molecule has 1 amide bonds. The molecule has 1 aliphatic heterocycles. The molecule has 6 heteroatoms. The molecule has 1 N–H and O–H groups in total. The van der Waals surface area contributed by atoms with Crippen LogP contribution in [0.4, 0.5) is 5.95 Å². The third kappa shape index (κ3) is 4.76. The van der Waals surface area contributed by atoms with Gasteiger partial charge in [-0.15, -0.1) is 0 Å². The first-order valence-electron chi connectivity index (χ1n) is 8.87. The molecular formula is C19H25N5O. The average Bonchev–Trinajstić information content (AvgIpc) is 2.69. The quantitative estimate of drug-likeness (QED) is 0.866. The van der Waals surface area contributed by atoms with Gasteiger partial charge >= 0.3 is 0 Å². The summed E-state index contributed by atoms with van der Waals surface area (Å²) in [5, 5.41) is 2.92. The van der Waals surface area contributed by atoms with Crippen molar-refractivity contribution >= 4 is 11.9 Å². The van der Waals surface area contributed by atoms with E-state index in [9.17, 15) is 4.79 Å². The van der Waals surface area contributed by atoms with Crippen molar-refractivity contribution in [1.82, 2.24) is 20.2 Å². The highest BCUT2D eigenvalue weighted by atomic mass is 16.1. The Morgan fingerprint density at radius 3 is 2.40 bits per heavy atom. The van der Waals surface area contributed by atoms with Gasteiger partial charge in [-0.3, -0.25) is 4.79 Å². The Hall–Kier alpha value is -2.47. The summed E-state index contributed by atoms with van der Waals surface area (Å²) in [5.41, 5.74) is 1.71. The zero-order valence-corrected chi connectivity index (χ0v) is 14.7. The van der Waals surface area contributed by atoms with Crippen LogP contribution in [-0.2, 0) is 6.42 Å². The van der Waals surface area contributed by atoms with Crippen LogP contribution in [0.15, 0.2) is 42.7 Å². The third-order valence-corrected chi connectivity index (χ3v) is 4.54. The molecule has 6 nitrogen and oxygen atoms in total. The Labute approximate surface area is 148 Å². The van der Waals surface area contributed by atoms with Crippen LogP contribution in [0.3, 0.4) is 0 Å². The van der Waals surface area contributed by atoms with Crippen molar-refractivity contribution in [3.63, 3.8) is 0 Å². The van der Waals surface area contributed by atoms with E-state index in [4.69, 9.17) is 0 Å². The van der Waals surface area contributed by atoms with Gasteiger partial charge in [-0.1, -0.05) is 37.3 Å². The molecule has 0 aliphatic carbocycles. The van der Waals surface area contributed by atoms with Crippen LogP contribution in [-0.4, -0.2) is 60.0 Å². The molecule has 25 heavy (non-hydrogen) atoms. The van der Waals surface area contributed by atoms with Crippen molar-refractivity contribution < 1.29 is 4.79 Å². The molecule has 0 saturated carbocycles. The summed E-state index contributed by atoms with van der Waals surface area (Å²) >= 11 is 0. The first-order valence-corrected chi connectivity index (χ1v) is 8.87. The van der Waals surface area contributed by atoms with E-state index in [1.54, 1.807) is 12.4 Å². The number of amides is 1. The smallest absolute Gasteiger partial charge is 0.254 e. The number of piperazine rings is 1. The summed E-state index contributed by atoms with van der Waals surface area (Å²) in [4.78, 5) is 25.5. The highest BCUT2D eigenvalue weighted by Gasteiger charge is 2.18. The van der Waals surface area contributed by atoms with Crippen molar-refractivity contribution in [2.45, 2.75) is 13.3 Å². The van der Waals surface area contributed by atoms with Crippen LogP contribution in [0.5, 0.6) is 0 Å². The van der Waals surface area contributed by atoms with Gasteiger partial charge in [-0.2, -0.15) is 0 Å². The van der Waals surface area contributed by atoms with E-state index in [0.717, 1.165) is 39.1 Å². The number of nitrogens with one attached hydrogen (secondary N) is 1. The molecule has 0 bridgehead atoms. The Morgan fingerprint density at radius 2 is 1.76 bits per heavy atom. The van der Waals surface area contributed by atoms with Gasteiger partial charge in [-0.25, -0.2) is 9.97 Å². The number of likely N-dealkylation sites (N-methyl/N-ethyl adjacent to an activating group) is 1. The average molecular weight is 339 g/mol. The highest BCUT2D eigenvalue weighted by Crippen LogP contribution is 2.10. The van der Waals surface area contributed by atoms with Crippen molar-refractivity contribution in [3.05, 3.63) is 53.9 Å². The SMILES string of the molecule is CCN1CCN(c2ncc(C(=O)NCCc3ccccc3)cn2)CC1. The fourth-order valence-electron chi connectivity index (χ4n) is 2.93. The van der Waals surface area contributed by atoms with Crippen LogP contribution < -0.4 is 10.2 Å². The summed E-state index contributed by atoms with van der Waals surface area (Å²) in [7, 11) is 0. The van der Waals surface area contributed by atoms with Gasteiger partial charge in [0.1, 0.15) is 0 Å². The minimum absolute atomic E-state index is 0.127. The van der Waals surface area contributed by atoms with Crippen molar-refractivity contribution in [2.24, 2.45) is 0 Å². The summed E-state index contributed by atoms with van der Waals surface area (Å²) < 4.78 is 0. The molecule has 0 atom stereocenters. The van der Waals surface area contributed by atoms with E-state index < -0.39 is 0 Å². The first-order chi connectivity index (χ1) is 12.3. The van der Waals surface area contributed by atoms with E-state index in [0.29, 0.717) is 18.1 Å². The molecule has 0 unspecified atom stereocenters. The number of carbonyl (C=O) groups is 1. The van der Waals surface area contributed by atoms with Crippen molar-refractivity contribution in [2.75, 3.05) is 44.2 Å². The van der Waals surface area contributed by atoms with Gasteiger partial charge in [0.15, 0.2) is 0 Å². The molecule has 1 fully saturated rings. The first kappa shape index (κ1) is 17.4. The summed E-state index contributed by atoms with van der Waals surface area (Å²) in [6, 6.07) is 10.1. The maximum atomic E-state index is 12.2. The van der Waals surface area contributed by atoms with E-state index >= 15 is 0 Å². The van der Waals surface area contributed by atoms with Gasteiger partial charge in [0.05, 0.1) is 5.56 Å². The molecule has 0 spiro atoms. The number of nitrogens with zero attached hydrogens (tertiary/aromatic N) is 4. The lowest BCUT2D eigenvalue weighted by Crippen LogP contribution is -2.46. The molecule has 132 valence electrons. The standard InChI is InChI=1S/C19H25N5O/c1-2-23-10-12-24(13-11-23)19-21-14-17(15-22-19)18(25)20-9-8-16-6-4-3-5-7-16/h3-7,14-15H,2,8-13H2,1H3,(H,20,25). The minimum atomic E-state index is -0.127. The van der Waals surface area contributed by atoms with Gasteiger partial charge in [0.25, 0.3) is 5.91 Å². The zero-order valence-electron chi connectivity index (χ0n) is 14.7.